The minimum Gasteiger partial charge on any atom is -0.497 e. The van der Waals surface area contributed by atoms with Crippen molar-refractivity contribution in [2.45, 2.75) is 13.2 Å². The summed E-state index contributed by atoms with van der Waals surface area (Å²) in [4.78, 5) is 0. The third kappa shape index (κ3) is 3.98. The number of methoxy groups -OCH3 is 1. The summed E-state index contributed by atoms with van der Waals surface area (Å²) in [6.45, 7) is 0.768. The van der Waals surface area contributed by atoms with Crippen LogP contribution in [-0.2, 0) is 13.2 Å². The van der Waals surface area contributed by atoms with E-state index in [9.17, 15) is 4.39 Å². The van der Waals surface area contributed by atoms with Crippen LogP contribution in [0.2, 0.25) is 0 Å². The summed E-state index contributed by atoms with van der Waals surface area (Å²) in [5.41, 5.74) is 8.98. The topological polar surface area (TPSA) is 44.5 Å². The Labute approximate surface area is 146 Å². The molecule has 0 atom stereocenters. The summed E-state index contributed by atoms with van der Waals surface area (Å²) < 4.78 is 25.2. The molecule has 0 saturated carbocycles. The SMILES string of the molecule is COc1ccc(F)c(-c2ccc(OCc3ccccc3)c(CN)c2)c1. The number of nitrogens with two attached hydrogens (primary N) is 1. The Bertz CT molecular complexity index is 850. The Kier molecular flexibility index (Phi) is 5.31. The Morgan fingerprint density at radius 3 is 2.48 bits per heavy atom. The molecule has 0 fully saturated rings. The molecular formula is C21H20FNO2. The number of halogens is 1. The largest absolute Gasteiger partial charge is 0.497 e. The standard InChI is InChI=1S/C21H20FNO2/c1-24-18-8-9-20(22)19(12-18)16-7-10-21(17(11-16)13-23)25-14-15-5-3-2-4-6-15/h2-12H,13-14,23H2,1H3. The highest BCUT2D eigenvalue weighted by atomic mass is 19.1. The van der Waals surface area contributed by atoms with Crippen LogP contribution in [0.5, 0.6) is 11.5 Å². The number of ether oxygens (including phenoxy) is 2. The van der Waals surface area contributed by atoms with Gasteiger partial charge in [0.1, 0.15) is 23.9 Å². The molecule has 0 unspecified atom stereocenters. The van der Waals surface area contributed by atoms with Gasteiger partial charge in [-0.15, -0.1) is 0 Å². The Balaban J connectivity index is 1.87. The maximum atomic E-state index is 14.2. The van der Waals surface area contributed by atoms with Crippen LogP contribution >= 0.6 is 0 Å². The van der Waals surface area contributed by atoms with Gasteiger partial charge in [0.05, 0.1) is 7.11 Å². The van der Waals surface area contributed by atoms with Gasteiger partial charge in [-0.25, -0.2) is 4.39 Å². The van der Waals surface area contributed by atoms with Crippen LogP contribution in [-0.4, -0.2) is 7.11 Å². The van der Waals surface area contributed by atoms with E-state index in [1.54, 1.807) is 19.2 Å². The van der Waals surface area contributed by atoms with Crippen LogP contribution in [0.25, 0.3) is 11.1 Å². The summed E-state index contributed by atoms with van der Waals surface area (Å²) in [7, 11) is 1.56. The molecule has 0 spiro atoms. The number of hydrogen-bond acceptors (Lipinski definition) is 3. The molecule has 0 aromatic heterocycles. The van der Waals surface area contributed by atoms with Gasteiger partial charge in [0.2, 0.25) is 0 Å². The molecule has 0 bridgehead atoms. The van der Waals surface area contributed by atoms with Gasteiger partial charge in [-0.3, -0.25) is 0 Å². The maximum Gasteiger partial charge on any atom is 0.131 e. The molecule has 0 aliphatic heterocycles. The second-order valence-corrected chi connectivity index (χ2v) is 5.65. The normalized spacial score (nSPS) is 10.5. The van der Waals surface area contributed by atoms with Crippen molar-refractivity contribution in [2.75, 3.05) is 7.11 Å². The van der Waals surface area contributed by atoms with Crippen molar-refractivity contribution < 1.29 is 13.9 Å². The summed E-state index contributed by atoms with van der Waals surface area (Å²) in [6, 6.07) is 20.1. The average Bonchev–Trinajstić information content (AvgIpc) is 2.67. The molecule has 2 N–H and O–H groups in total. The van der Waals surface area contributed by atoms with E-state index in [4.69, 9.17) is 15.2 Å². The predicted octanol–water partition coefficient (Wildman–Crippen LogP) is 4.54. The highest BCUT2D eigenvalue weighted by Crippen LogP contribution is 2.31. The Hall–Kier alpha value is -2.85. The second kappa shape index (κ2) is 7.81. The zero-order chi connectivity index (χ0) is 17.6. The van der Waals surface area contributed by atoms with Crippen LogP contribution in [0.3, 0.4) is 0 Å². The molecule has 0 amide bonds. The van der Waals surface area contributed by atoms with Crippen molar-refractivity contribution >= 4 is 0 Å². The lowest BCUT2D eigenvalue weighted by molar-refractivity contribution is 0.303. The fourth-order valence-electron chi connectivity index (χ4n) is 2.64. The monoisotopic (exact) mass is 337 g/mol. The van der Waals surface area contributed by atoms with E-state index in [0.717, 1.165) is 16.7 Å². The van der Waals surface area contributed by atoms with Gasteiger partial charge in [-0.1, -0.05) is 36.4 Å². The molecule has 3 nitrogen and oxygen atoms in total. The van der Waals surface area contributed by atoms with Crippen molar-refractivity contribution in [1.29, 1.82) is 0 Å². The van der Waals surface area contributed by atoms with E-state index in [0.29, 0.717) is 30.2 Å². The fourth-order valence-corrected chi connectivity index (χ4v) is 2.64. The van der Waals surface area contributed by atoms with Gasteiger partial charge in [0.15, 0.2) is 0 Å². The van der Waals surface area contributed by atoms with Crippen molar-refractivity contribution in [2.24, 2.45) is 5.73 Å². The zero-order valence-corrected chi connectivity index (χ0v) is 14.0. The summed E-state index contributed by atoms with van der Waals surface area (Å²) in [6.07, 6.45) is 0. The van der Waals surface area contributed by atoms with E-state index in [2.05, 4.69) is 0 Å². The summed E-state index contributed by atoms with van der Waals surface area (Å²) in [5, 5.41) is 0. The zero-order valence-electron chi connectivity index (χ0n) is 14.0. The highest BCUT2D eigenvalue weighted by molar-refractivity contribution is 5.68. The lowest BCUT2D eigenvalue weighted by Crippen LogP contribution is -2.03. The average molecular weight is 337 g/mol. The van der Waals surface area contributed by atoms with E-state index in [-0.39, 0.29) is 5.82 Å². The maximum absolute atomic E-state index is 14.2. The first kappa shape index (κ1) is 17.0. The fraction of sp³-hybridized carbons (Fsp3) is 0.143. The molecule has 4 heteroatoms. The molecule has 0 aliphatic rings. The van der Waals surface area contributed by atoms with E-state index in [1.165, 1.54) is 6.07 Å². The minimum atomic E-state index is -0.304. The molecule has 25 heavy (non-hydrogen) atoms. The van der Waals surface area contributed by atoms with Crippen LogP contribution < -0.4 is 15.2 Å². The molecule has 0 saturated heterocycles. The van der Waals surface area contributed by atoms with Crippen molar-refractivity contribution in [3.63, 3.8) is 0 Å². The summed E-state index contributed by atoms with van der Waals surface area (Å²) >= 11 is 0. The van der Waals surface area contributed by atoms with E-state index >= 15 is 0 Å². The van der Waals surface area contributed by atoms with Crippen molar-refractivity contribution in [1.82, 2.24) is 0 Å². The quantitative estimate of drug-likeness (QED) is 0.718. The number of rotatable bonds is 6. The molecule has 3 aromatic rings. The lowest BCUT2D eigenvalue weighted by Gasteiger charge is -2.13. The van der Waals surface area contributed by atoms with Gasteiger partial charge in [-0.05, 0) is 41.5 Å². The third-order valence-electron chi connectivity index (χ3n) is 4.00. The van der Waals surface area contributed by atoms with Gasteiger partial charge in [0.25, 0.3) is 0 Å². The summed E-state index contributed by atoms with van der Waals surface area (Å²) in [5.74, 6) is 1.01. The highest BCUT2D eigenvalue weighted by Gasteiger charge is 2.10. The third-order valence-corrected chi connectivity index (χ3v) is 4.00. The van der Waals surface area contributed by atoms with Gasteiger partial charge in [0, 0.05) is 17.7 Å². The predicted molar refractivity (Wildman–Crippen MR) is 97.1 cm³/mol. The van der Waals surface area contributed by atoms with Crippen molar-refractivity contribution in [3.05, 3.63) is 83.7 Å². The van der Waals surface area contributed by atoms with Crippen molar-refractivity contribution in [3.8, 4) is 22.6 Å². The van der Waals surface area contributed by atoms with E-state index < -0.39 is 0 Å². The molecule has 128 valence electrons. The van der Waals surface area contributed by atoms with Crippen LogP contribution in [0.4, 0.5) is 4.39 Å². The molecule has 0 heterocycles. The minimum absolute atomic E-state index is 0.304. The smallest absolute Gasteiger partial charge is 0.131 e. The number of hydrogen-bond donors (Lipinski definition) is 1. The van der Waals surface area contributed by atoms with Crippen LogP contribution in [0.1, 0.15) is 11.1 Å². The molecule has 0 aliphatic carbocycles. The van der Waals surface area contributed by atoms with Gasteiger partial charge in [-0.2, -0.15) is 0 Å². The first-order valence-electron chi connectivity index (χ1n) is 8.05. The van der Waals surface area contributed by atoms with Crippen LogP contribution in [0.15, 0.2) is 66.7 Å². The molecular weight excluding hydrogens is 317 g/mol. The molecule has 3 aromatic carbocycles. The Morgan fingerprint density at radius 2 is 1.76 bits per heavy atom. The van der Waals surface area contributed by atoms with E-state index in [1.807, 2.05) is 48.5 Å². The first-order valence-corrected chi connectivity index (χ1v) is 8.05. The lowest BCUT2D eigenvalue weighted by atomic mass is 10.0. The van der Waals surface area contributed by atoms with Gasteiger partial charge >= 0.3 is 0 Å². The van der Waals surface area contributed by atoms with Crippen LogP contribution in [0, 0.1) is 5.82 Å². The number of benzene rings is 3. The molecule has 3 rings (SSSR count). The van der Waals surface area contributed by atoms with Gasteiger partial charge < -0.3 is 15.2 Å². The Morgan fingerprint density at radius 1 is 0.960 bits per heavy atom. The molecule has 0 radical (unpaired) electrons. The second-order valence-electron chi connectivity index (χ2n) is 5.65. The first-order chi connectivity index (χ1) is 12.2.